The third-order valence-electron chi connectivity index (χ3n) is 5.52. The molecule has 0 aliphatic carbocycles. The Morgan fingerprint density at radius 3 is 2.66 bits per heavy atom. The molecule has 3 N–H and O–H groups in total. The minimum atomic E-state index is -0.0923. The van der Waals surface area contributed by atoms with Crippen molar-refractivity contribution in [3.05, 3.63) is 85.5 Å². The van der Waals surface area contributed by atoms with Crippen molar-refractivity contribution in [3.8, 4) is 11.3 Å². The van der Waals surface area contributed by atoms with Crippen LogP contribution >= 0.6 is 23.8 Å². The molecule has 4 aromatic rings. The van der Waals surface area contributed by atoms with E-state index in [-0.39, 0.29) is 5.56 Å². The number of H-pyrrole nitrogens is 3. The smallest absolute Gasteiger partial charge is 0.256 e. The highest BCUT2D eigenvalue weighted by atomic mass is 35.5. The zero-order valence-corrected chi connectivity index (χ0v) is 17.2. The molecule has 2 aromatic carbocycles. The third-order valence-corrected chi connectivity index (χ3v) is 5.97. The number of hydrogen-bond acceptors (Lipinski definition) is 3. The first-order valence-electron chi connectivity index (χ1n) is 9.51. The minimum Gasteiger partial charge on any atom is -0.354 e. The van der Waals surface area contributed by atoms with Crippen LogP contribution in [0.4, 0.5) is 0 Å². The Kier molecular flexibility index (Phi) is 4.62. The maximum atomic E-state index is 12.4. The summed E-state index contributed by atoms with van der Waals surface area (Å²) in [5, 5.41) is 1.92. The van der Waals surface area contributed by atoms with Gasteiger partial charge in [0.2, 0.25) is 0 Å². The molecule has 0 amide bonds. The van der Waals surface area contributed by atoms with Crippen LogP contribution in [-0.4, -0.2) is 26.4 Å². The number of para-hydroxylation sites is 1. The van der Waals surface area contributed by atoms with E-state index in [4.69, 9.17) is 23.8 Å². The summed E-state index contributed by atoms with van der Waals surface area (Å²) in [6, 6.07) is 16.2. The average molecular weight is 423 g/mol. The third kappa shape index (κ3) is 3.44. The van der Waals surface area contributed by atoms with Crippen LogP contribution in [-0.2, 0) is 19.5 Å². The summed E-state index contributed by atoms with van der Waals surface area (Å²) in [4.78, 5) is 24.1. The van der Waals surface area contributed by atoms with E-state index in [1.165, 1.54) is 10.9 Å². The number of fused-ring (bicyclic) bond motifs is 2. The van der Waals surface area contributed by atoms with Crippen LogP contribution in [0.1, 0.15) is 16.8 Å². The molecule has 0 spiro atoms. The number of rotatable bonds is 3. The van der Waals surface area contributed by atoms with Gasteiger partial charge in [-0.1, -0.05) is 41.9 Å². The summed E-state index contributed by atoms with van der Waals surface area (Å²) in [6.45, 7) is 2.20. The molecule has 0 unspecified atom stereocenters. The highest BCUT2D eigenvalue weighted by Gasteiger charge is 2.22. The lowest BCUT2D eigenvalue weighted by atomic mass is 10.0. The molecular weight excluding hydrogens is 404 g/mol. The van der Waals surface area contributed by atoms with Crippen LogP contribution in [0.25, 0.3) is 22.2 Å². The van der Waals surface area contributed by atoms with Crippen LogP contribution in [0.15, 0.2) is 53.3 Å². The van der Waals surface area contributed by atoms with Crippen molar-refractivity contribution in [2.75, 3.05) is 6.54 Å². The van der Waals surface area contributed by atoms with E-state index in [2.05, 4.69) is 38.1 Å². The number of nitrogens with one attached hydrogen (secondary N) is 3. The molecule has 7 heteroatoms. The topological polar surface area (TPSA) is 67.7 Å². The Morgan fingerprint density at radius 2 is 1.83 bits per heavy atom. The standard InChI is InChI=1S/C22H19ClN4OS/c23-14-7-5-13(6-8-14)20-16(15-3-1-2-4-18(15)24-20)11-27-10-9-19-17(12-27)21(28)26-22(29)25-19/h1-8,24H,9-12H2,(H2,25,26,28,29). The van der Waals surface area contributed by atoms with Gasteiger partial charge in [-0.25, -0.2) is 0 Å². The van der Waals surface area contributed by atoms with Crippen molar-refractivity contribution >= 4 is 34.7 Å². The van der Waals surface area contributed by atoms with E-state index >= 15 is 0 Å². The summed E-state index contributed by atoms with van der Waals surface area (Å²) in [5.41, 5.74) is 6.16. The lowest BCUT2D eigenvalue weighted by Gasteiger charge is -2.28. The minimum absolute atomic E-state index is 0.0923. The molecule has 0 radical (unpaired) electrons. The van der Waals surface area contributed by atoms with Gasteiger partial charge < -0.3 is 9.97 Å². The molecule has 0 atom stereocenters. The second kappa shape index (κ2) is 7.30. The average Bonchev–Trinajstić information content (AvgIpc) is 3.07. The molecule has 29 heavy (non-hydrogen) atoms. The number of aromatic nitrogens is 3. The van der Waals surface area contributed by atoms with Gasteiger partial charge >= 0.3 is 0 Å². The lowest BCUT2D eigenvalue weighted by Crippen LogP contribution is -2.35. The summed E-state index contributed by atoms with van der Waals surface area (Å²) in [5.74, 6) is 0. The second-order valence-corrected chi connectivity index (χ2v) is 8.20. The van der Waals surface area contributed by atoms with Gasteiger partial charge in [-0.15, -0.1) is 0 Å². The van der Waals surface area contributed by atoms with Crippen LogP contribution in [0.3, 0.4) is 0 Å². The van der Waals surface area contributed by atoms with Crippen molar-refractivity contribution in [1.82, 2.24) is 19.9 Å². The summed E-state index contributed by atoms with van der Waals surface area (Å²) < 4.78 is 0.392. The van der Waals surface area contributed by atoms with Gasteiger partial charge in [0.1, 0.15) is 0 Å². The second-order valence-electron chi connectivity index (χ2n) is 7.36. The Hall–Kier alpha value is -2.67. The van der Waals surface area contributed by atoms with Gasteiger partial charge in [-0.3, -0.25) is 14.7 Å². The fourth-order valence-electron chi connectivity index (χ4n) is 4.10. The molecule has 146 valence electrons. The molecule has 1 aliphatic heterocycles. The Balaban J connectivity index is 1.55. The van der Waals surface area contributed by atoms with E-state index in [1.807, 2.05) is 30.3 Å². The van der Waals surface area contributed by atoms with Gasteiger partial charge in [0, 0.05) is 47.7 Å². The fourth-order valence-corrected chi connectivity index (χ4v) is 4.44. The van der Waals surface area contributed by atoms with Crippen LogP contribution < -0.4 is 5.56 Å². The van der Waals surface area contributed by atoms with Crippen molar-refractivity contribution in [1.29, 1.82) is 0 Å². The highest BCUT2D eigenvalue weighted by molar-refractivity contribution is 7.71. The maximum Gasteiger partial charge on any atom is 0.256 e. The van der Waals surface area contributed by atoms with Crippen molar-refractivity contribution < 1.29 is 0 Å². The summed E-state index contributed by atoms with van der Waals surface area (Å²) in [6.07, 6.45) is 0.779. The van der Waals surface area contributed by atoms with E-state index < -0.39 is 0 Å². The zero-order chi connectivity index (χ0) is 20.0. The van der Waals surface area contributed by atoms with Gasteiger partial charge in [0.25, 0.3) is 5.56 Å². The predicted octanol–water partition coefficient (Wildman–Crippen LogP) is 4.79. The van der Waals surface area contributed by atoms with Gasteiger partial charge in [0.05, 0.1) is 11.3 Å². The highest BCUT2D eigenvalue weighted by Crippen LogP contribution is 2.32. The monoisotopic (exact) mass is 422 g/mol. The fraction of sp³-hybridized carbons (Fsp3) is 0.182. The molecule has 5 nitrogen and oxygen atoms in total. The van der Waals surface area contributed by atoms with Gasteiger partial charge in [-0.05, 0) is 41.5 Å². The Bertz CT molecular complexity index is 1320. The largest absolute Gasteiger partial charge is 0.354 e. The van der Waals surface area contributed by atoms with E-state index in [0.717, 1.165) is 52.6 Å². The first kappa shape index (κ1) is 18.4. The van der Waals surface area contributed by atoms with Gasteiger partial charge in [-0.2, -0.15) is 0 Å². The van der Waals surface area contributed by atoms with Crippen molar-refractivity contribution in [3.63, 3.8) is 0 Å². The van der Waals surface area contributed by atoms with Crippen LogP contribution in [0, 0.1) is 4.77 Å². The number of nitrogens with zero attached hydrogens (tertiary/aromatic N) is 1. The number of aromatic amines is 3. The van der Waals surface area contributed by atoms with E-state index in [9.17, 15) is 4.79 Å². The first-order chi connectivity index (χ1) is 14.1. The summed E-state index contributed by atoms with van der Waals surface area (Å²) in [7, 11) is 0. The molecule has 0 bridgehead atoms. The molecule has 1 aliphatic rings. The Morgan fingerprint density at radius 1 is 1.03 bits per heavy atom. The SMILES string of the molecule is O=c1[nH]c(=S)[nH]c2c1CN(Cc1c(-c3ccc(Cl)cc3)[nH]c3ccccc13)CC2. The first-order valence-corrected chi connectivity index (χ1v) is 10.3. The molecule has 0 saturated heterocycles. The van der Waals surface area contributed by atoms with E-state index in [0.29, 0.717) is 11.3 Å². The number of benzene rings is 2. The normalized spacial score (nSPS) is 14.2. The predicted molar refractivity (Wildman–Crippen MR) is 119 cm³/mol. The molecule has 0 fully saturated rings. The molecule has 2 aromatic heterocycles. The van der Waals surface area contributed by atoms with Crippen LogP contribution in [0.5, 0.6) is 0 Å². The van der Waals surface area contributed by atoms with Crippen molar-refractivity contribution in [2.45, 2.75) is 19.5 Å². The summed E-state index contributed by atoms with van der Waals surface area (Å²) >= 11 is 11.2. The molecule has 0 saturated carbocycles. The quantitative estimate of drug-likeness (QED) is 0.416. The van der Waals surface area contributed by atoms with Crippen molar-refractivity contribution in [2.24, 2.45) is 0 Å². The van der Waals surface area contributed by atoms with E-state index in [1.54, 1.807) is 0 Å². The number of hydrogen-bond donors (Lipinski definition) is 3. The number of halogens is 1. The van der Waals surface area contributed by atoms with Crippen LogP contribution in [0.2, 0.25) is 5.02 Å². The van der Waals surface area contributed by atoms with Gasteiger partial charge in [0.15, 0.2) is 4.77 Å². The zero-order valence-electron chi connectivity index (χ0n) is 15.6. The maximum absolute atomic E-state index is 12.4. The molecule has 5 rings (SSSR count). The molecular formula is C22H19ClN4OS. The lowest BCUT2D eigenvalue weighted by molar-refractivity contribution is 0.243. The Labute approximate surface area is 177 Å². The molecule has 3 heterocycles.